The normalized spacial score (nSPS) is 13.6. The quantitative estimate of drug-likeness (QED) is 0.785. The van der Waals surface area contributed by atoms with E-state index in [4.69, 9.17) is 4.74 Å². The molecular formula is C10H9BrO3. The Morgan fingerprint density at radius 2 is 2.36 bits per heavy atom. The van der Waals surface area contributed by atoms with Gasteiger partial charge in [-0.05, 0) is 13.0 Å². The lowest BCUT2D eigenvalue weighted by Gasteiger charge is -2.07. The summed E-state index contributed by atoms with van der Waals surface area (Å²) in [6, 6.07) is 1.64. The molecular weight excluding hydrogens is 248 g/mol. The summed E-state index contributed by atoms with van der Waals surface area (Å²) in [6.07, 6.45) is 0.766. The van der Waals surface area contributed by atoms with Crippen molar-refractivity contribution in [1.29, 1.82) is 0 Å². The highest BCUT2D eigenvalue weighted by molar-refractivity contribution is 9.10. The second-order valence-corrected chi connectivity index (χ2v) is 4.07. The van der Waals surface area contributed by atoms with Crippen molar-refractivity contribution in [2.24, 2.45) is 0 Å². The number of benzene rings is 1. The van der Waals surface area contributed by atoms with Crippen LogP contribution < -0.4 is 4.74 Å². The molecule has 0 unspecified atom stereocenters. The van der Waals surface area contributed by atoms with Gasteiger partial charge in [-0.1, -0.05) is 15.9 Å². The molecule has 1 N–H and O–H groups in total. The Bertz CT molecular complexity index is 412. The largest absolute Gasteiger partial charge is 0.504 e. The molecule has 74 valence electrons. The van der Waals surface area contributed by atoms with Crippen LogP contribution in [0.15, 0.2) is 10.5 Å². The fourth-order valence-electron chi connectivity index (χ4n) is 1.57. The van der Waals surface area contributed by atoms with E-state index >= 15 is 0 Å². The predicted molar refractivity (Wildman–Crippen MR) is 55.0 cm³/mol. The van der Waals surface area contributed by atoms with E-state index in [0.29, 0.717) is 17.9 Å². The van der Waals surface area contributed by atoms with Crippen molar-refractivity contribution in [3.8, 4) is 11.5 Å². The number of carbonyl (C=O) groups excluding carboxylic acids is 1. The van der Waals surface area contributed by atoms with Gasteiger partial charge in [0.2, 0.25) is 0 Å². The average Bonchev–Trinajstić information content (AvgIpc) is 2.59. The minimum atomic E-state index is -0.165. The van der Waals surface area contributed by atoms with Gasteiger partial charge in [-0.3, -0.25) is 4.79 Å². The maximum absolute atomic E-state index is 11.2. The molecule has 0 saturated heterocycles. The summed E-state index contributed by atoms with van der Waals surface area (Å²) >= 11 is 3.36. The minimum Gasteiger partial charge on any atom is -0.504 e. The highest BCUT2D eigenvalue weighted by atomic mass is 79.9. The molecule has 1 aromatic rings. The van der Waals surface area contributed by atoms with E-state index in [1.54, 1.807) is 6.07 Å². The van der Waals surface area contributed by atoms with Gasteiger partial charge in [0.1, 0.15) is 0 Å². The molecule has 0 amide bonds. The van der Waals surface area contributed by atoms with Crippen molar-refractivity contribution in [1.82, 2.24) is 0 Å². The molecule has 3 nitrogen and oxygen atoms in total. The van der Waals surface area contributed by atoms with Crippen LogP contribution in [0.4, 0.5) is 0 Å². The number of carbonyl (C=O) groups is 1. The minimum absolute atomic E-state index is 0.0341. The van der Waals surface area contributed by atoms with Crippen molar-refractivity contribution >= 4 is 21.7 Å². The molecule has 0 aliphatic carbocycles. The summed E-state index contributed by atoms with van der Waals surface area (Å²) in [4.78, 5) is 11.2. The van der Waals surface area contributed by atoms with Crippen molar-refractivity contribution in [3.63, 3.8) is 0 Å². The topological polar surface area (TPSA) is 46.5 Å². The Labute approximate surface area is 89.8 Å². The lowest BCUT2D eigenvalue weighted by Crippen LogP contribution is -1.95. The zero-order valence-electron chi connectivity index (χ0n) is 7.63. The van der Waals surface area contributed by atoms with Crippen LogP contribution in [-0.2, 0) is 6.42 Å². The van der Waals surface area contributed by atoms with Gasteiger partial charge in [0.25, 0.3) is 0 Å². The first-order valence-corrected chi connectivity index (χ1v) is 5.08. The van der Waals surface area contributed by atoms with Crippen molar-refractivity contribution in [2.45, 2.75) is 13.3 Å². The van der Waals surface area contributed by atoms with Crippen molar-refractivity contribution in [2.75, 3.05) is 6.61 Å². The van der Waals surface area contributed by atoms with E-state index in [9.17, 15) is 9.90 Å². The SMILES string of the molecule is CC(=O)c1cc(Br)c2c(c1O)OCC2. The summed E-state index contributed by atoms with van der Waals surface area (Å²) in [7, 11) is 0. The number of aromatic hydroxyl groups is 1. The third kappa shape index (κ3) is 1.30. The average molecular weight is 257 g/mol. The number of phenols is 1. The molecule has 0 spiro atoms. The van der Waals surface area contributed by atoms with Gasteiger partial charge >= 0.3 is 0 Å². The van der Waals surface area contributed by atoms with Crippen LogP contribution in [0, 0.1) is 0 Å². The Balaban J connectivity index is 2.68. The summed E-state index contributed by atoms with van der Waals surface area (Å²) in [6.45, 7) is 1.98. The van der Waals surface area contributed by atoms with Crippen LogP contribution in [0.1, 0.15) is 22.8 Å². The van der Waals surface area contributed by atoms with Gasteiger partial charge in [0.05, 0.1) is 12.2 Å². The number of halogens is 1. The second-order valence-electron chi connectivity index (χ2n) is 3.22. The third-order valence-corrected chi connectivity index (χ3v) is 2.99. The fraction of sp³-hybridized carbons (Fsp3) is 0.300. The van der Waals surface area contributed by atoms with E-state index in [2.05, 4.69) is 15.9 Å². The van der Waals surface area contributed by atoms with Gasteiger partial charge in [0.15, 0.2) is 17.3 Å². The van der Waals surface area contributed by atoms with E-state index in [0.717, 1.165) is 16.5 Å². The first-order chi connectivity index (χ1) is 6.61. The number of ketones is 1. The van der Waals surface area contributed by atoms with Gasteiger partial charge in [-0.2, -0.15) is 0 Å². The molecule has 1 aliphatic rings. The second kappa shape index (κ2) is 3.28. The van der Waals surface area contributed by atoms with Crippen LogP contribution in [0.25, 0.3) is 0 Å². The van der Waals surface area contributed by atoms with E-state index < -0.39 is 0 Å². The Hall–Kier alpha value is -1.03. The number of fused-ring (bicyclic) bond motifs is 1. The number of hydrogen-bond donors (Lipinski definition) is 1. The number of phenolic OH excluding ortho intramolecular Hbond substituents is 1. The summed E-state index contributed by atoms with van der Waals surface area (Å²) in [5, 5.41) is 9.74. The summed E-state index contributed by atoms with van der Waals surface area (Å²) in [5.41, 5.74) is 1.24. The monoisotopic (exact) mass is 256 g/mol. The first-order valence-electron chi connectivity index (χ1n) is 4.29. The van der Waals surface area contributed by atoms with Crippen LogP contribution >= 0.6 is 15.9 Å². The van der Waals surface area contributed by atoms with E-state index in [1.807, 2.05) is 0 Å². The van der Waals surface area contributed by atoms with Crippen LogP contribution in [0.2, 0.25) is 0 Å². The van der Waals surface area contributed by atoms with Gasteiger partial charge in [-0.25, -0.2) is 0 Å². The molecule has 1 aromatic carbocycles. The number of hydrogen-bond acceptors (Lipinski definition) is 3. The van der Waals surface area contributed by atoms with Gasteiger partial charge in [-0.15, -0.1) is 0 Å². The molecule has 0 fully saturated rings. The molecule has 1 heterocycles. The summed E-state index contributed by atoms with van der Waals surface area (Å²) < 4.78 is 6.10. The Morgan fingerprint density at radius 3 is 3.00 bits per heavy atom. The molecule has 1 aliphatic heterocycles. The van der Waals surface area contributed by atoms with Gasteiger partial charge < -0.3 is 9.84 Å². The van der Waals surface area contributed by atoms with E-state index in [1.165, 1.54) is 6.92 Å². The number of Topliss-reactive ketones (excluding diaryl/α,β-unsaturated/α-hetero) is 1. The van der Waals surface area contributed by atoms with Crippen molar-refractivity contribution < 1.29 is 14.6 Å². The lowest BCUT2D eigenvalue weighted by molar-refractivity contribution is 0.101. The van der Waals surface area contributed by atoms with Crippen LogP contribution in [-0.4, -0.2) is 17.5 Å². The highest BCUT2D eigenvalue weighted by Gasteiger charge is 2.23. The zero-order chi connectivity index (χ0) is 10.3. The maximum Gasteiger partial charge on any atom is 0.169 e. The predicted octanol–water partition coefficient (Wildman–Crippen LogP) is 2.29. The highest BCUT2D eigenvalue weighted by Crippen LogP contribution is 2.42. The molecule has 4 heteroatoms. The standard InChI is InChI=1S/C10H9BrO3/c1-5(12)7-4-8(11)6-2-3-14-10(6)9(7)13/h4,13H,2-3H2,1H3. The molecule has 0 atom stereocenters. The molecule has 0 saturated carbocycles. The Morgan fingerprint density at radius 1 is 1.64 bits per heavy atom. The maximum atomic E-state index is 11.2. The smallest absolute Gasteiger partial charge is 0.169 e. The lowest BCUT2D eigenvalue weighted by atomic mass is 10.1. The molecule has 0 aromatic heterocycles. The molecule has 2 rings (SSSR count). The molecule has 0 bridgehead atoms. The zero-order valence-corrected chi connectivity index (χ0v) is 9.22. The number of ether oxygens (including phenoxy) is 1. The van der Waals surface area contributed by atoms with Crippen molar-refractivity contribution in [3.05, 3.63) is 21.7 Å². The van der Waals surface area contributed by atoms with Crippen LogP contribution in [0.5, 0.6) is 11.5 Å². The Kier molecular flexibility index (Phi) is 2.23. The van der Waals surface area contributed by atoms with E-state index in [-0.39, 0.29) is 11.5 Å². The van der Waals surface area contributed by atoms with Gasteiger partial charge in [0, 0.05) is 16.5 Å². The molecule has 0 radical (unpaired) electrons. The van der Waals surface area contributed by atoms with Crippen LogP contribution in [0.3, 0.4) is 0 Å². The number of rotatable bonds is 1. The summed E-state index contributed by atoms with van der Waals surface area (Å²) in [5.74, 6) is 0.249. The third-order valence-electron chi connectivity index (χ3n) is 2.28. The first kappa shape index (κ1) is 9.52. The molecule has 14 heavy (non-hydrogen) atoms. The fourth-order valence-corrected chi connectivity index (χ4v) is 2.18.